The van der Waals surface area contributed by atoms with E-state index in [1.807, 2.05) is 20.8 Å². The van der Waals surface area contributed by atoms with E-state index >= 15 is 0 Å². The predicted molar refractivity (Wildman–Crippen MR) is 89.6 cm³/mol. The van der Waals surface area contributed by atoms with Gasteiger partial charge in [-0.2, -0.15) is 13.2 Å². The third kappa shape index (κ3) is 5.94. The number of benzene rings is 1. The number of ether oxygens (including phenoxy) is 1. The number of aliphatic hydroxyl groups is 1. The van der Waals surface area contributed by atoms with E-state index in [2.05, 4.69) is 14.9 Å². The van der Waals surface area contributed by atoms with Crippen LogP contribution in [0.5, 0.6) is 5.75 Å². The lowest BCUT2D eigenvalue weighted by atomic mass is 10.1. The molecule has 0 radical (unpaired) electrons. The first kappa shape index (κ1) is 19.6. The molecule has 2 N–H and O–H groups in total. The first-order valence-electron chi connectivity index (χ1n) is 7.62. The summed E-state index contributed by atoms with van der Waals surface area (Å²) in [5.41, 5.74) is 0.00208. The largest absolute Gasteiger partial charge is 0.491 e. The molecule has 138 valence electrons. The van der Waals surface area contributed by atoms with Crippen molar-refractivity contribution in [1.29, 1.82) is 0 Å². The monoisotopic (exact) mass is 375 g/mol. The number of halogens is 3. The van der Waals surface area contributed by atoms with Crippen LogP contribution >= 0.6 is 11.5 Å². The van der Waals surface area contributed by atoms with E-state index in [0.717, 1.165) is 0 Å². The molecule has 1 aromatic carbocycles. The summed E-state index contributed by atoms with van der Waals surface area (Å²) in [6.45, 7) is 6.42. The van der Waals surface area contributed by atoms with E-state index in [9.17, 15) is 18.3 Å². The van der Waals surface area contributed by atoms with Gasteiger partial charge >= 0.3 is 6.18 Å². The normalized spacial score (nSPS) is 13.7. The van der Waals surface area contributed by atoms with Crippen LogP contribution in [0.25, 0.3) is 11.3 Å². The Balaban J connectivity index is 1.96. The van der Waals surface area contributed by atoms with Crippen molar-refractivity contribution in [3.05, 3.63) is 29.1 Å². The van der Waals surface area contributed by atoms with Crippen molar-refractivity contribution < 1.29 is 23.0 Å². The first-order chi connectivity index (χ1) is 11.6. The van der Waals surface area contributed by atoms with Gasteiger partial charge in [0.1, 0.15) is 24.2 Å². The zero-order valence-electron chi connectivity index (χ0n) is 14.1. The second kappa shape index (κ2) is 7.67. The van der Waals surface area contributed by atoms with Crippen molar-refractivity contribution in [3.63, 3.8) is 0 Å². The smallest absolute Gasteiger partial charge is 0.429 e. The molecule has 0 saturated carbocycles. The maximum Gasteiger partial charge on any atom is 0.429 e. The molecule has 1 heterocycles. The summed E-state index contributed by atoms with van der Waals surface area (Å²) in [7, 11) is 0. The molecule has 9 heteroatoms. The Kier molecular flexibility index (Phi) is 6.02. The maximum absolute atomic E-state index is 12.9. The van der Waals surface area contributed by atoms with Gasteiger partial charge in [0.25, 0.3) is 0 Å². The summed E-state index contributed by atoms with van der Waals surface area (Å²) in [4.78, 5) is -0.829. The van der Waals surface area contributed by atoms with Crippen LogP contribution in [0.4, 0.5) is 13.2 Å². The number of hydrogen-bond donors (Lipinski definition) is 2. The molecular formula is C16H20F3N3O2S. The van der Waals surface area contributed by atoms with Crippen LogP contribution in [0.3, 0.4) is 0 Å². The zero-order chi connectivity index (χ0) is 18.7. The van der Waals surface area contributed by atoms with Crippen molar-refractivity contribution in [2.45, 2.75) is 38.6 Å². The van der Waals surface area contributed by atoms with E-state index in [1.165, 1.54) is 12.1 Å². The van der Waals surface area contributed by atoms with Crippen molar-refractivity contribution in [2.75, 3.05) is 13.2 Å². The third-order valence-corrected chi connectivity index (χ3v) is 3.95. The number of aliphatic hydroxyl groups excluding tert-OH is 1. The van der Waals surface area contributed by atoms with E-state index in [-0.39, 0.29) is 17.8 Å². The van der Waals surface area contributed by atoms with Crippen molar-refractivity contribution in [2.24, 2.45) is 0 Å². The van der Waals surface area contributed by atoms with Gasteiger partial charge < -0.3 is 15.2 Å². The Hall–Kier alpha value is -1.71. The Labute approximate surface area is 148 Å². The summed E-state index contributed by atoms with van der Waals surface area (Å²) in [5, 5.41) is 16.6. The number of nitrogens with one attached hydrogen (secondary N) is 1. The highest BCUT2D eigenvalue weighted by atomic mass is 32.1. The van der Waals surface area contributed by atoms with Crippen molar-refractivity contribution in [3.8, 4) is 17.0 Å². The standard InChI is InChI=1S/C16H20F3N3O2S/c1-15(2,3)20-8-11(23)9-24-12-6-4-10(5-7-12)13-14(16(17,18)19)25-22-21-13/h4-7,11,20,23H,8-9H2,1-3H3. The Morgan fingerprint density at radius 3 is 2.40 bits per heavy atom. The summed E-state index contributed by atoms with van der Waals surface area (Å²) in [6, 6.07) is 6.06. The highest BCUT2D eigenvalue weighted by Crippen LogP contribution is 2.38. The minimum Gasteiger partial charge on any atom is -0.491 e. The molecule has 5 nitrogen and oxygen atoms in total. The Morgan fingerprint density at radius 2 is 1.84 bits per heavy atom. The molecule has 0 saturated heterocycles. The quantitative estimate of drug-likeness (QED) is 0.811. The van der Waals surface area contributed by atoms with Crippen LogP contribution in [0.15, 0.2) is 24.3 Å². The Morgan fingerprint density at radius 1 is 1.20 bits per heavy atom. The average molecular weight is 375 g/mol. The molecule has 2 rings (SSSR count). The number of alkyl halides is 3. The van der Waals surface area contributed by atoms with Gasteiger partial charge in [0.05, 0.1) is 0 Å². The second-order valence-electron chi connectivity index (χ2n) is 6.57. The van der Waals surface area contributed by atoms with Gasteiger partial charge in [0.15, 0.2) is 4.88 Å². The summed E-state index contributed by atoms with van der Waals surface area (Å²) in [5.74, 6) is 0.454. The highest BCUT2D eigenvalue weighted by Gasteiger charge is 2.37. The summed E-state index contributed by atoms with van der Waals surface area (Å²) < 4.78 is 47.5. The van der Waals surface area contributed by atoms with Crippen LogP contribution in [-0.2, 0) is 6.18 Å². The van der Waals surface area contributed by atoms with Crippen molar-refractivity contribution >= 4 is 11.5 Å². The van der Waals surface area contributed by atoms with E-state index in [0.29, 0.717) is 29.4 Å². The molecule has 1 atom stereocenters. The number of aromatic nitrogens is 2. The van der Waals surface area contributed by atoms with Crippen LogP contribution in [-0.4, -0.2) is 39.5 Å². The van der Waals surface area contributed by atoms with Gasteiger partial charge in [-0.3, -0.25) is 0 Å². The van der Waals surface area contributed by atoms with Gasteiger partial charge in [-0.05, 0) is 56.6 Å². The molecule has 0 fully saturated rings. The van der Waals surface area contributed by atoms with E-state index in [1.54, 1.807) is 12.1 Å². The molecule has 0 aliphatic heterocycles. The molecule has 1 aromatic heterocycles. The molecule has 0 aliphatic rings. The molecule has 25 heavy (non-hydrogen) atoms. The van der Waals surface area contributed by atoms with Gasteiger partial charge in [0, 0.05) is 17.6 Å². The van der Waals surface area contributed by atoms with Crippen LogP contribution in [0.2, 0.25) is 0 Å². The first-order valence-corrected chi connectivity index (χ1v) is 8.39. The SMILES string of the molecule is CC(C)(C)NCC(O)COc1ccc(-c2nnsc2C(F)(F)F)cc1. The number of β-amino-alcohol motifs (C(OH)–C–C–N with tert-alkyl or cyclic N) is 1. The van der Waals surface area contributed by atoms with Gasteiger partial charge in [-0.1, -0.05) is 4.49 Å². The molecule has 1 unspecified atom stereocenters. The van der Waals surface area contributed by atoms with Crippen molar-refractivity contribution in [1.82, 2.24) is 14.9 Å². The maximum atomic E-state index is 12.9. The van der Waals surface area contributed by atoms with Gasteiger partial charge in [-0.25, -0.2) is 0 Å². The van der Waals surface area contributed by atoms with E-state index < -0.39 is 17.2 Å². The lowest BCUT2D eigenvalue weighted by Crippen LogP contribution is -2.42. The fourth-order valence-electron chi connectivity index (χ4n) is 1.95. The highest BCUT2D eigenvalue weighted by molar-refractivity contribution is 7.06. The average Bonchev–Trinajstić information content (AvgIpc) is 3.00. The fraction of sp³-hybridized carbons (Fsp3) is 0.500. The fourth-order valence-corrected chi connectivity index (χ4v) is 2.50. The Bertz CT molecular complexity index is 681. The topological polar surface area (TPSA) is 67.3 Å². The lowest BCUT2D eigenvalue weighted by Gasteiger charge is -2.23. The van der Waals surface area contributed by atoms with Gasteiger partial charge in [0.2, 0.25) is 0 Å². The van der Waals surface area contributed by atoms with Crippen LogP contribution < -0.4 is 10.1 Å². The minimum atomic E-state index is -4.48. The third-order valence-electron chi connectivity index (χ3n) is 3.18. The molecule has 0 bridgehead atoms. The summed E-state index contributed by atoms with van der Waals surface area (Å²) in [6.07, 6.45) is -5.18. The number of rotatable bonds is 6. The number of nitrogens with zero attached hydrogens (tertiary/aromatic N) is 2. The number of hydrogen-bond acceptors (Lipinski definition) is 6. The van der Waals surface area contributed by atoms with Gasteiger partial charge in [-0.15, -0.1) is 5.10 Å². The molecule has 0 aliphatic carbocycles. The zero-order valence-corrected chi connectivity index (χ0v) is 14.9. The van der Waals surface area contributed by atoms with Crippen LogP contribution in [0.1, 0.15) is 25.6 Å². The van der Waals surface area contributed by atoms with Crippen LogP contribution in [0, 0.1) is 0 Å². The summed E-state index contributed by atoms with van der Waals surface area (Å²) >= 11 is 0.320. The van der Waals surface area contributed by atoms with E-state index in [4.69, 9.17) is 4.74 Å². The predicted octanol–water partition coefficient (Wildman–Crippen LogP) is 3.35. The lowest BCUT2D eigenvalue weighted by molar-refractivity contribution is -0.134. The molecule has 0 spiro atoms. The second-order valence-corrected chi connectivity index (χ2v) is 7.32. The molecular weight excluding hydrogens is 355 g/mol. The molecule has 2 aromatic rings. The minimum absolute atomic E-state index is 0.0779. The molecule has 0 amide bonds.